The van der Waals surface area contributed by atoms with E-state index in [2.05, 4.69) is 27.7 Å². The third kappa shape index (κ3) is 30.0. The molecule has 1 unspecified atom stereocenters. The van der Waals surface area contributed by atoms with Crippen LogP contribution < -0.4 is 0 Å². The Bertz CT molecular complexity index is 344. The Morgan fingerprint density at radius 2 is 0.529 bits per heavy atom. The molecule has 0 heteroatoms. The summed E-state index contributed by atoms with van der Waals surface area (Å²) in [5, 5.41) is 0. The van der Waals surface area contributed by atoms with Gasteiger partial charge in [0, 0.05) is 0 Å². The number of hydrogen-bond donors (Lipinski definition) is 0. The minimum Gasteiger partial charge on any atom is -0.0654 e. The van der Waals surface area contributed by atoms with Crippen molar-refractivity contribution >= 4 is 0 Å². The van der Waals surface area contributed by atoms with E-state index in [0.29, 0.717) is 0 Å². The van der Waals surface area contributed by atoms with E-state index in [1.54, 1.807) is 0 Å². The fourth-order valence-corrected chi connectivity index (χ4v) is 5.47. The lowest BCUT2D eigenvalue weighted by Gasteiger charge is -2.11. The van der Waals surface area contributed by atoms with Gasteiger partial charge in [-0.25, -0.2) is 0 Å². The first-order valence-electron chi connectivity index (χ1n) is 16.7. The molecule has 0 N–H and O–H groups in total. The van der Waals surface area contributed by atoms with Crippen LogP contribution in [0, 0.1) is 11.8 Å². The van der Waals surface area contributed by atoms with E-state index in [4.69, 9.17) is 0 Å². The van der Waals surface area contributed by atoms with Gasteiger partial charge in [0.05, 0.1) is 0 Å². The summed E-state index contributed by atoms with van der Waals surface area (Å²) in [6, 6.07) is 0. The highest BCUT2D eigenvalue weighted by atomic mass is 14.1. The molecular formula is C34H70. The molecule has 34 heavy (non-hydrogen) atoms. The van der Waals surface area contributed by atoms with E-state index in [1.807, 2.05) is 0 Å². The smallest absolute Gasteiger partial charge is 0.0443 e. The van der Waals surface area contributed by atoms with Crippen LogP contribution in [0.4, 0.5) is 0 Å². The molecule has 0 amide bonds. The minimum atomic E-state index is 0.896. The summed E-state index contributed by atoms with van der Waals surface area (Å²) >= 11 is 0. The van der Waals surface area contributed by atoms with E-state index in [0.717, 1.165) is 11.8 Å². The number of rotatable bonds is 29. The van der Waals surface area contributed by atoms with E-state index in [9.17, 15) is 0 Å². The van der Waals surface area contributed by atoms with Crippen LogP contribution in [0.2, 0.25) is 0 Å². The highest BCUT2D eigenvalue weighted by Gasteiger charge is 2.02. The zero-order valence-electron chi connectivity index (χ0n) is 25.0. The first kappa shape index (κ1) is 34.0. The largest absolute Gasteiger partial charge is 0.0654 e. The molecule has 0 heterocycles. The molecule has 0 aromatic rings. The van der Waals surface area contributed by atoms with Gasteiger partial charge < -0.3 is 0 Å². The molecule has 0 bridgehead atoms. The lowest BCUT2D eigenvalue weighted by molar-refractivity contribution is 0.430. The van der Waals surface area contributed by atoms with Gasteiger partial charge in [-0.3, -0.25) is 0 Å². The van der Waals surface area contributed by atoms with E-state index < -0.39 is 0 Å². The third-order valence-corrected chi connectivity index (χ3v) is 8.03. The first-order valence-corrected chi connectivity index (χ1v) is 16.7. The average Bonchev–Trinajstić information content (AvgIpc) is 2.82. The second-order valence-corrected chi connectivity index (χ2v) is 12.4. The Hall–Kier alpha value is 0. The van der Waals surface area contributed by atoms with Crippen LogP contribution in [-0.2, 0) is 0 Å². The second kappa shape index (κ2) is 29.2. The second-order valence-electron chi connectivity index (χ2n) is 12.4. The van der Waals surface area contributed by atoms with Crippen molar-refractivity contribution in [1.29, 1.82) is 0 Å². The summed E-state index contributed by atoms with van der Waals surface area (Å²) in [4.78, 5) is 0. The van der Waals surface area contributed by atoms with Crippen molar-refractivity contribution in [3.05, 3.63) is 0 Å². The lowest BCUT2D eigenvalue weighted by atomic mass is 9.96. The molecule has 0 rings (SSSR count). The molecule has 0 saturated carbocycles. The van der Waals surface area contributed by atoms with Crippen LogP contribution >= 0.6 is 0 Å². The van der Waals surface area contributed by atoms with Crippen LogP contribution in [0.25, 0.3) is 0 Å². The monoisotopic (exact) mass is 479 g/mol. The summed E-state index contributed by atoms with van der Waals surface area (Å²) in [5.41, 5.74) is 0. The molecule has 0 spiro atoms. The topological polar surface area (TPSA) is 0 Å². The van der Waals surface area contributed by atoms with E-state index in [-0.39, 0.29) is 0 Å². The summed E-state index contributed by atoms with van der Waals surface area (Å²) in [6.07, 6.45) is 41.3. The molecule has 0 aliphatic heterocycles. The Morgan fingerprint density at radius 3 is 0.794 bits per heavy atom. The molecular weight excluding hydrogens is 408 g/mol. The SMILES string of the molecule is CCCCCCCCC(C)CCCCCCCCCCCCCCCCCCCCCC(C)C. The number of unbranched alkanes of at least 4 members (excludes halogenated alkanes) is 23. The molecule has 206 valence electrons. The summed E-state index contributed by atoms with van der Waals surface area (Å²) in [5.74, 6) is 1.86. The van der Waals surface area contributed by atoms with Crippen molar-refractivity contribution in [2.45, 2.75) is 207 Å². The van der Waals surface area contributed by atoms with Gasteiger partial charge >= 0.3 is 0 Å². The van der Waals surface area contributed by atoms with Gasteiger partial charge in [-0.05, 0) is 11.8 Å². The highest BCUT2D eigenvalue weighted by Crippen LogP contribution is 2.19. The van der Waals surface area contributed by atoms with Gasteiger partial charge in [0.15, 0.2) is 0 Å². The molecule has 0 aliphatic carbocycles. The van der Waals surface area contributed by atoms with Gasteiger partial charge in [0.25, 0.3) is 0 Å². The third-order valence-electron chi connectivity index (χ3n) is 8.03. The van der Waals surface area contributed by atoms with E-state index in [1.165, 1.54) is 180 Å². The fraction of sp³-hybridized carbons (Fsp3) is 1.00. The zero-order chi connectivity index (χ0) is 25.0. The first-order chi connectivity index (χ1) is 16.7. The summed E-state index contributed by atoms with van der Waals surface area (Å²) < 4.78 is 0. The normalized spacial score (nSPS) is 12.6. The zero-order valence-corrected chi connectivity index (χ0v) is 25.0. The predicted octanol–water partition coefficient (Wildman–Crippen LogP) is 13.2. The fourth-order valence-electron chi connectivity index (χ4n) is 5.47. The quantitative estimate of drug-likeness (QED) is 0.0937. The maximum absolute atomic E-state index is 2.49. The highest BCUT2D eigenvalue weighted by molar-refractivity contribution is 4.56. The molecule has 0 saturated heterocycles. The summed E-state index contributed by atoms with van der Waals surface area (Å²) in [6.45, 7) is 9.49. The molecule has 0 nitrogen and oxygen atoms in total. The van der Waals surface area contributed by atoms with Gasteiger partial charge in [-0.2, -0.15) is 0 Å². The van der Waals surface area contributed by atoms with Crippen molar-refractivity contribution in [1.82, 2.24) is 0 Å². The molecule has 0 aromatic heterocycles. The molecule has 1 atom stereocenters. The van der Waals surface area contributed by atoms with Crippen LogP contribution in [0.15, 0.2) is 0 Å². The predicted molar refractivity (Wildman–Crippen MR) is 159 cm³/mol. The van der Waals surface area contributed by atoms with Crippen molar-refractivity contribution < 1.29 is 0 Å². The number of hydrogen-bond acceptors (Lipinski definition) is 0. The maximum Gasteiger partial charge on any atom is -0.0443 e. The molecule has 0 aliphatic rings. The van der Waals surface area contributed by atoms with Crippen molar-refractivity contribution in [3.63, 3.8) is 0 Å². The Kier molecular flexibility index (Phi) is 29.2. The van der Waals surface area contributed by atoms with Crippen molar-refractivity contribution in [3.8, 4) is 0 Å². The lowest BCUT2D eigenvalue weighted by Crippen LogP contribution is -1.95. The van der Waals surface area contributed by atoms with Crippen LogP contribution in [0.5, 0.6) is 0 Å². The van der Waals surface area contributed by atoms with Gasteiger partial charge in [-0.1, -0.05) is 207 Å². The Morgan fingerprint density at radius 1 is 0.294 bits per heavy atom. The van der Waals surface area contributed by atoms with Crippen molar-refractivity contribution in [2.75, 3.05) is 0 Å². The summed E-state index contributed by atoms with van der Waals surface area (Å²) in [7, 11) is 0. The molecule has 0 aromatic carbocycles. The Balaban J connectivity index is 3.10. The minimum absolute atomic E-state index is 0.896. The van der Waals surface area contributed by atoms with Gasteiger partial charge in [0.2, 0.25) is 0 Å². The Labute approximate surface area is 219 Å². The van der Waals surface area contributed by atoms with E-state index >= 15 is 0 Å². The molecule has 0 radical (unpaired) electrons. The van der Waals surface area contributed by atoms with Crippen LogP contribution in [-0.4, -0.2) is 0 Å². The van der Waals surface area contributed by atoms with Gasteiger partial charge in [0.1, 0.15) is 0 Å². The van der Waals surface area contributed by atoms with Gasteiger partial charge in [-0.15, -0.1) is 0 Å². The maximum atomic E-state index is 2.49. The van der Waals surface area contributed by atoms with Crippen molar-refractivity contribution in [2.24, 2.45) is 11.8 Å². The molecule has 0 fully saturated rings. The standard InChI is InChI=1S/C34H70/c1-5-6-7-8-25-28-31-34(4)32-29-26-23-21-19-17-15-13-11-9-10-12-14-16-18-20-22-24-27-30-33(2)3/h33-34H,5-32H2,1-4H3. The van der Waals surface area contributed by atoms with Crippen LogP contribution in [0.1, 0.15) is 207 Å². The average molecular weight is 479 g/mol. The van der Waals surface area contributed by atoms with Crippen LogP contribution in [0.3, 0.4) is 0 Å².